The molecule has 10 heteroatoms. The van der Waals surface area contributed by atoms with Crippen molar-refractivity contribution in [3.8, 4) is 0 Å². The molecule has 0 bridgehead atoms. The second kappa shape index (κ2) is 6.84. The van der Waals surface area contributed by atoms with Crippen molar-refractivity contribution in [3.63, 3.8) is 0 Å². The molecule has 2 aromatic rings. The molecular weight excluding hydrogens is 320 g/mol. The third-order valence-corrected chi connectivity index (χ3v) is 4.12. The van der Waals surface area contributed by atoms with Crippen LogP contribution in [0.1, 0.15) is 15.5 Å². The van der Waals surface area contributed by atoms with E-state index >= 15 is 0 Å². The molecule has 0 aliphatic carbocycles. The molecule has 0 radical (unpaired) electrons. The van der Waals surface area contributed by atoms with Crippen molar-refractivity contribution >= 4 is 22.4 Å². The number of carbonyl (C=O) groups is 1. The SMILES string of the molecule is CN(C)CCc1nnc(NC(=O)c2cc(=O)n(C)c(=O)n2C)s1. The third-order valence-electron chi connectivity index (χ3n) is 3.22. The highest BCUT2D eigenvalue weighted by Gasteiger charge is 2.15. The van der Waals surface area contributed by atoms with Crippen LogP contribution in [0.3, 0.4) is 0 Å². The maximum Gasteiger partial charge on any atom is 0.331 e. The van der Waals surface area contributed by atoms with Crippen LogP contribution < -0.4 is 16.6 Å². The van der Waals surface area contributed by atoms with Gasteiger partial charge in [0.05, 0.1) is 0 Å². The van der Waals surface area contributed by atoms with Crippen molar-refractivity contribution in [1.82, 2.24) is 24.2 Å². The molecule has 0 saturated heterocycles. The van der Waals surface area contributed by atoms with Crippen LogP contribution in [-0.2, 0) is 20.5 Å². The molecule has 0 aromatic carbocycles. The lowest BCUT2D eigenvalue weighted by atomic mass is 10.3. The Morgan fingerprint density at radius 3 is 2.61 bits per heavy atom. The largest absolute Gasteiger partial charge is 0.331 e. The fraction of sp³-hybridized carbons (Fsp3) is 0.462. The van der Waals surface area contributed by atoms with Crippen LogP contribution in [0.2, 0.25) is 0 Å². The topological polar surface area (TPSA) is 102 Å². The standard InChI is InChI=1S/C13H18N6O3S/c1-17(2)6-5-9-15-16-12(23-9)14-11(21)8-7-10(20)19(4)13(22)18(8)3/h7H,5-6H2,1-4H3,(H,14,16,21). The fourth-order valence-corrected chi connectivity index (χ4v) is 2.56. The first-order valence-electron chi connectivity index (χ1n) is 6.85. The molecule has 2 aromatic heterocycles. The monoisotopic (exact) mass is 338 g/mol. The zero-order valence-electron chi connectivity index (χ0n) is 13.4. The first kappa shape index (κ1) is 17.0. The normalized spacial score (nSPS) is 11.0. The van der Waals surface area contributed by atoms with E-state index in [-0.39, 0.29) is 5.69 Å². The van der Waals surface area contributed by atoms with Gasteiger partial charge in [0.25, 0.3) is 11.5 Å². The van der Waals surface area contributed by atoms with E-state index in [2.05, 4.69) is 15.5 Å². The highest BCUT2D eigenvalue weighted by Crippen LogP contribution is 2.16. The summed E-state index contributed by atoms with van der Waals surface area (Å²) >= 11 is 1.26. The van der Waals surface area contributed by atoms with Gasteiger partial charge in [-0.2, -0.15) is 0 Å². The number of rotatable bonds is 5. The highest BCUT2D eigenvalue weighted by molar-refractivity contribution is 7.15. The summed E-state index contributed by atoms with van der Waals surface area (Å²) < 4.78 is 2.05. The number of carbonyl (C=O) groups excluding carboxylic acids is 1. The van der Waals surface area contributed by atoms with Gasteiger partial charge in [-0.3, -0.25) is 24.0 Å². The first-order valence-corrected chi connectivity index (χ1v) is 7.66. The van der Waals surface area contributed by atoms with Crippen LogP contribution in [-0.4, -0.2) is 50.8 Å². The average molecular weight is 338 g/mol. The fourth-order valence-electron chi connectivity index (χ4n) is 1.84. The van der Waals surface area contributed by atoms with Crippen molar-refractivity contribution in [2.75, 3.05) is 26.0 Å². The summed E-state index contributed by atoms with van der Waals surface area (Å²) in [5.74, 6) is -0.572. The van der Waals surface area contributed by atoms with E-state index in [4.69, 9.17) is 0 Å². The number of anilines is 1. The van der Waals surface area contributed by atoms with E-state index in [9.17, 15) is 14.4 Å². The Balaban J connectivity index is 2.17. The minimum absolute atomic E-state index is 0.0249. The molecule has 0 aliphatic rings. The number of amides is 1. The van der Waals surface area contributed by atoms with Crippen molar-refractivity contribution in [1.29, 1.82) is 0 Å². The lowest BCUT2D eigenvalue weighted by Gasteiger charge is -2.08. The molecular formula is C13H18N6O3S. The molecule has 0 unspecified atom stereocenters. The van der Waals surface area contributed by atoms with Crippen LogP contribution in [0.5, 0.6) is 0 Å². The Morgan fingerprint density at radius 1 is 1.26 bits per heavy atom. The Bertz CT molecular complexity index is 835. The van der Waals surface area contributed by atoms with E-state index in [0.29, 0.717) is 5.13 Å². The molecule has 124 valence electrons. The number of hydrogen-bond donors (Lipinski definition) is 1. The van der Waals surface area contributed by atoms with E-state index in [1.807, 2.05) is 19.0 Å². The minimum Gasteiger partial charge on any atom is -0.309 e. The Morgan fingerprint density at radius 2 is 1.96 bits per heavy atom. The molecule has 23 heavy (non-hydrogen) atoms. The molecule has 0 saturated carbocycles. The lowest BCUT2D eigenvalue weighted by Crippen LogP contribution is -2.40. The summed E-state index contributed by atoms with van der Waals surface area (Å²) in [6.45, 7) is 0.825. The zero-order chi connectivity index (χ0) is 17.1. The van der Waals surface area contributed by atoms with Crippen LogP contribution in [0, 0.1) is 0 Å². The minimum atomic E-state index is -0.572. The van der Waals surface area contributed by atoms with Crippen LogP contribution >= 0.6 is 11.3 Å². The van der Waals surface area contributed by atoms with E-state index < -0.39 is 17.2 Å². The van der Waals surface area contributed by atoms with Gasteiger partial charge in [0.1, 0.15) is 10.7 Å². The highest BCUT2D eigenvalue weighted by atomic mass is 32.1. The maximum absolute atomic E-state index is 12.2. The molecule has 2 heterocycles. The molecule has 9 nitrogen and oxygen atoms in total. The summed E-state index contributed by atoms with van der Waals surface area (Å²) in [4.78, 5) is 37.8. The van der Waals surface area contributed by atoms with Gasteiger partial charge in [-0.15, -0.1) is 10.2 Å². The average Bonchev–Trinajstić information content (AvgIpc) is 2.94. The number of nitrogens with one attached hydrogen (secondary N) is 1. The van der Waals surface area contributed by atoms with Crippen LogP contribution in [0.15, 0.2) is 15.7 Å². The Hall–Kier alpha value is -2.33. The number of nitrogens with zero attached hydrogens (tertiary/aromatic N) is 5. The van der Waals surface area contributed by atoms with Crippen molar-refractivity contribution in [3.05, 3.63) is 37.6 Å². The van der Waals surface area contributed by atoms with Crippen molar-refractivity contribution in [2.45, 2.75) is 6.42 Å². The molecule has 0 spiro atoms. The second-order valence-electron chi connectivity index (χ2n) is 5.28. The Kier molecular flexibility index (Phi) is 5.06. The van der Waals surface area contributed by atoms with Gasteiger partial charge in [-0.1, -0.05) is 11.3 Å². The van der Waals surface area contributed by atoms with Crippen LogP contribution in [0.4, 0.5) is 5.13 Å². The van der Waals surface area contributed by atoms with Crippen LogP contribution in [0.25, 0.3) is 0 Å². The molecule has 0 aliphatic heterocycles. The van der Waals surface area contributed by atoms with Crippen molar-refractivity contribution < 1.29 is 4.79 Å². The maximum atomic E-state index is 12.2. The first-order chi connectivity index (χ1) is 10.8. The van der Waals surface area contributed by atoms with Gasteiger partial charge in [0, 0.05) is 33.1 Å². The molecule has 1 amide bonds. The predicted octanol–water partition coefficient (Wildman–Crippen LogP) is -0.708. The lowest BCUT2D eigenvalue weighted by molar-refractivity contribution is 0.101. The molecule has 2 rings (SSSR count). The van der Waals surface area contributed by atoms with E-state index in [1.54, 1.807) is 0 Å². The smallest absolute Gasteiger partial charge is 0.309 e. The van der Waals surface area contributed by atoms with Gasteiger partial charge in [-0.05, 0) is 14.1 Å². The molecule has 0 atom stereocenters. The summed E-state index contributed by atoms with van der Waals surface area (Å²) in [6, 6.07) is 1.12. The summed E-state index contributed by atoms with van der Waals surface area (Å²) in [5.41, 5.74) is -1.13. The van der Waals surface area contributed by atoms with E-state index in [0.717, 1.165) is 33.2 Å². The quantitative estimate of drug-likeness (QED) is 0.773. The van der Waals surface area contributed by atoms with Gasteiger partial charge < -0.3 is 4.90 Å². The van der Waals surface area contributed by atoms with E-state index in [1.165, 1.54) is 25.4 Å². The van der Waals surface area contributed by atoms with Gasteiger partial charge in [0.15, 0.2) is 0 Å². The summed E-state index contributed by atoms with van der Waals surface area (Å²) in [6.07, 6.45) is 0.727. The molecule has 1 N–H and O–H groups in total. The van der Waals surface area contributed by atoms with Gasteiger partial charge in [-0.25, -0.2) is 4.79 Å². The van der Waals surface area contributed by atoms with Crippen molar-refractivity contribution in [2.24, 2.45) is 14.1 Å². The predicted molar refractivity (Wildman–Crippen MR) is 87.0 cm³/mol. The molecule has 0 fully saturated rings. The summed E-state index contributed by atoms with van der Waals surface area (Å²) in [7, 11) is 6.70. The second-order valence-corrected chi connectivity index (χ2v) is 6.34. The zero-order valence-corrected chi connectivity index (χ0v) is 14.2. The number of aromatic nitrogens is 4. The number of likely N-dealkylation sites (N-methyl/N-ethyl adjacent to an activating group) is 1. The Labute approximate surface area is 136 Å². The van der Waals surface area contributed by atoms with Gasteiger partial charge in [0.2, 0.25) is 5.13 Å². The van der Waals surface area contributed by atoms with Gasteiger partial charge >= 0.3 is 5.69 Å². The third kappa shape index (κ3) is 3.90. The summed E-state index contributed by atoms with van der Waals surface area (Å²) in [5, 5.41) is 11.6. The number of hydrogen-bond acceptors (Lipinski definition) is 7.